The molecule has 0 bridgehead atoms. The molecule has 2 fully saturated rings. The van der Waals surface area contributed by atoms with Crippen LogP contribution in [-0.4, -0.2) is 54.9 Å². The van der Waals surface area contributed by atoms with E-state index in [0.29, 0.717) is 36.9 Å². The number of amides is 3. The van der Waals surface area contributed by atoms with E-state index < -0.39 is 0 Å². The van der Waals surface area contributed by atoms with Gasteiger partial charge in [0.25, 0.3) is 5.91 Å². The minimum absolute atomic E-state index is 0.0512. The average Bonchev–Trinajstić information content (AvgIpc) is 2.79. The smallest absolute Gasteiger partial charge is 0.251 e. The second-order valence-corrected chi connectivity index (χ2v) is 8.14. The number of ether oxygens (including phenoxy) is 1. The van der Waals surface area contributed by atoms with Crippen molar-refractivity contribution in [3.05, 3.63) is 29.8 Å². The number of piperidine rings is 1. The van der Waals surface area contributed by atoms with Crippen molar-refractivity contribution in [1.29, 1.82) is 0 Å². The molecule has 2 aliphatic rings. The summed E-state index contributed by atoms with van der Waals surface area (Å²) >= 11 is 0. The number of nitrogens with zero attached hydrogens (tertiary/aromatic N) is 1. The topological polar surface area (TPSA) is 87.7 Å². The lowest BCUT2D eigenvalue weighted by Crippen LogP contribution is -2.49. The Bertz CT molecular complexity index is 720. The minimum Gasteiger partial charge on any atom is -0.494 e. The molecule has 0 aromatic heterocycles. The lowest BCUT2D eigenvalue weighted by atomic mass is 9.87. The number of hydrogen-bond donors (Lipinski definition) is 2. The first-order chi connectivity index (χ1) is 14.6. The van der Waals surface area contributed by atoms with Crippen LogP contribution in [0, 0.1) is 5.92 Å². The monoisotopic (exact) mass is 415 g/mol. The molecule has 7 nitrogen and oxygen atoms in total. The van der Waals surface area contributed by atoms with E-state index in [1.165, 1.54) is 6.42 Å². The molecule has 0 unspecified atom stereocenters. The highest BCUT2D eigenvalue weighted by molar-refractivity contribution is 5.96. The van der Waals surface area contributed by atoms with E-state index in [1.54, 1.807) is 24.3 Å². The van der Waals surface area contributed by atoms with Crippen molar-refractivity contribution in [2.45, 2.75) is 57.9 Å². The molecule has 0 atom stereocenters. The van der Waals surface area contributed by atoms with E-state index >= 15 is 0 Å². The highest BCUT2D eigenvalue weighted by atomic mass is 16.5. The van der Waals surface area contributed by atoms with E-state index in [0.717, 1.165) is 38.5 Å². The molecule has 1 saturated heterocycles. The van der Waals surface area contributed by atoms with Crippen LogP contribution in [0.1, 0.15) is 62.2 Å². The summed E-state index contributed by atoms with van der Waals surface area (Å²) < 4.78 is 5.36. The number of carbonyl (C=O) groups excluding carboxylic acids is 3. The van der Waals surface area contributed by atoms with Gasteiger partial charge in [-0.2, -0.15) is 0 Å². The first-order valence-electron chi connectivity index (χ1n) is 11.2. The molecule has 1 aliphatic heterocycles. The molecule has 1 aromatic carbocycles. The van der Waals surface area contributed by atoms with Crippen LogP contribution in [0.15, 0.2) is 24.3 Å². The molecular weight excluding hydrogens is 382 g/mol. The molecule has 1 saturated carbocycles. The molecule has 0 radical (unpaired) electrons. The average molecular weight is 416 g/mol. The molecule has 164 valence electrons. The highest BCUT2D eigenvalue weighted by Crippen LogP contribution is 2.26. The van der Waals surface area contributed by atoms with Crippen LogP contribution in [0.2, 0.25) is 0 Å². The molecule has 7 heteroatoms. The molecular formula is C23H33N3O4. The van der Waals surface area contributed by atoms with E-state index in [9.17, 15) is 14.4 Å². The number of benzene rings is 1. The fourth-order valence-corrected chi connectivity index (χ4v) is 4.26. The van der Waals surface area contributed by atoms with Crippen molar-refractivity contribution in [1.82, 2.24) is 15.5 Å². The summed E-state index contributed by atoms with van der Waals surface area (Å²) in [5.74, 6) is 0.706. The van der Waals surface area contributed by atoms with Crippen LogP contribution >= 0.6 is 0 Å². The van der Waals surface area contributed by atoms with Crippen LogP contribution in [0.25, 0.3) is 0 Å². The summed E-state index contributed by atoms with van der Waals surface area (Å²) in [4.78, 5) is 39.0. The zero-order valence-electron chi connectivity index (χ0n) is 17.8. The Morgan fingerprint density at radius 3 is 2.30 bits per heavy atom. The lowest BCUT2D eigenvalue weighted by Gasteiger charge is -2.35. The first kappa shape index (κ1) is 22.1. The maximum absolute atomic E-state index is 12.6. The second kappa shape index (κ2) is 11.0. The van der Waals surface area contributed by atoms with Crippen molar-refractivity contribution in [2.24, 2.45) is 5.92 Å². The van der Waals surface area contributed by atoms with Gasteiger partial charge in [-0.1, -0.05) is 19.3 Å². The van der Waals surface area contributed by atoms with Gasteiger partial charge in [0.1, 0.15) is 5.75 Å². The second-order valence-electron chi connectivity index (χ2n) is 8.14. The molecule has 1 heterocycles. The fraction of sp³-hybridized carbons (Fsp3) is 0.609. The fourth-order valence-electron chi connectivity index (χ4n) is 4.26. The summed E-state index contributed by atoms with van der Waals surface area (Å²) in [5.41, 5.74) is 0.487. The molecule has 1 aliphatic carbocycles. The third-order valence-electron chi connectivity index (χ3n) is 5.96. The molecule has 0 spiro atoms. The van der Waals surface area contributed by atoms with Gasteiger partial charge in [-0.3, -0.25) is 14.4 Å². The highest BCUT2D eigenvalue weighted by Gasteiger charge is 2.29. The summed E-state index contributed by atoms with van der Waals surface area (Å²) in [7, 11) is 0. The van der Waals surface area contributed by atoms with Gasteiger partial charge in [0.15, 0.2) is 0 Å². The largest absolute Gasteiger partial charge is 0.494 e. The van der Waals surface area contributed by atoms with Crippen molar-refractivity contribution >= 4 is 17.7 Å². The Hall–Kier alpha value is -2.57. The maximum Gasteiger partial charge on any atom is 0.251 e. The molecule has 30 heavy (non-hydrogen) atoms. The first-order valence-corrected chi connectivity index (χ1v) is 11.2. The number of nitrogens with one attached hydrogen (secondary N) is 2. The number of rotatable bonds is 7. The van der Waals surface area contributed by atoms with E-state index in [4.69, 9.17) is 4.74 Å². The van der Waals surface area contributed by atoms with E-state index in [-0.39, 0.29) is 30.3 Å². The van der Waals surface area contributed by atoms with Crippen molar-refractivity contribution in [2.75, 3.05) is 26.2 Å². The van der Waals surface area contributed by atoms with Crippen molar-refractivity contribution < 1.29 is 19.1 Å². The van der Waals surface area contributed by atoms with Gasteiger partial charge in [0.05, 0.1) is 13.2 Å². The van der Waals surface area contributed by atoms with Gasteiger partial charge in [-0.05, 0) is 56.9 Å². The van der Waals surface area contributed by atoms with Gasteiger partial charge in [-0.25, -0.2) is 0 Å². The van der Waals surface area contributed by atoms with Crippen LogP contribution in [0.5, 0.6) is 5.75 Å². The van der Waals surface area contributed by atoms with Crippen LogP contribution in [0.3, 0.4) is 0 Å². The minimum atomic E-state index is -0.291. The van der Waals surface area contributed by atoms with E-state index in [2.05, 4.69) is 10.6 Å². The standard InChI is InChI=1S/C23H33N3O4/c1-2-30-20-10-8-17(9-11-20)22(28)24-16-21(27)25-19-12-14-26(15-13-19)23(29)18-6-4-3-5-7-18/h8-11,18-19H,2-7,12-16H2,1H3,(H,24,28)(H,25,27). The van der Waals surface area contributed by atoms with Gasteiger partial charge < -0.3 is 20.3 Å². The van der Waals surface area contributed by atoms with Crippen LogP contribution in [0.4, 0.5) is 0 Å². The lowest BCUT2D eigenvalue weighted by molar-refractivity contribution is -0.137. The predicted molar refractivity (Wildman–Crippen MR) is 114 cm³/mol. The Morgan fingerprint density at radius 2 is 1.67 bits per heavy atom. The van der Waals surface area contributed by atoms with Crippen LogP contribution < -0.4 is 15.4 Å². The van der Waals surface area contributed by atoms with E-state index in [1.807, 2.05) is 11.8 Å². The normalized spacial score (nSPS) is 18.0. The number of hydrogen-bond acceptors (Lipinski definition) is 4. The SMILES string of the molecule is CCOc1ccc(C(=O)NCC(=O)NC2CCN(C(=O)C3CCCCC3)CC2)cc1. The third-order valence-corrected chi connectivity index (χ3v) is 5.96. The summed E-state index contributed by atoms with van der Waals surface area (Å²) in [6.45, 7) is 3.79. The Labute approximate surface area is 178 Å². The maximum atomic E-state index is 12.6. The number of carbonyl (C=O) groups is 3. The van der Waals surface area contributed by atoms with Gasteiger partial charge >= 0.3 is 0 Å². The molecule has 2 N–H and O–H groups in total. The zero-order chi connectivity index (χ0) is 21.3. The third kappa shape index (κ3) is 6.21. The van der Waals surface area contributed by atoms with Crippen LogP contribution in [-0.2, 0) is 9.59 Å². The quantitative estimate of drug-likeness (QED) is 0.716. The van der Waals surface area contributed by atoms with Gasteiger partial charge in [0.2, 0.25) is 11.8 Å². The summed E-state index contributed by atoms with van der Waals surface area (Å²) in [6.07, 6.45) is 7.12. The Kier molecular flexibility index (Phi) is 8.11. The summed E-state index contributed by atoms with van der Waals surface area (Å²) in [5, 5.41) is 5.63. The molecule has 1 aromatic rings. The van der Waals surface area contributed by atoms with Gasteiger partial charge in [0, 0.05) is 30.6 Å². The summed E-state index contributed by atoms with van der Waals surface area (Å²) in [6, 6.07) is 6.88. The Morgan fingerprint density at radius 1 is 1.00 bits per heavy atom. The van der Waals surface area contributed by atoms with Crippen molar-refractivity contribution in [3.63, 3.8) is 0 Å². The van der Waals surface area contributed by atoms with Gasteiger partial charge in [-0.15, -0.1) is 0 Å². The predicted octanol–water partition coefficient (Wildman–Crippen LogP) is 2.50. The van der Waals surface area contributed by atoms with Crippen molar-refractivity contribution in [3.8, 4) is 5.75 Å². The zero-order valence-corrected chi connectivity index (χ0v) is 17.8. The Balaban J connectivity index is 1.36. The molecule has 3 amide bonds. The molecule has 3 rings (SSSR count). The number of likely N-dealkylation sites (tertiary alicyclic amines) is 1.